The van der Waals surface area contributed by atoms with Crippen LogP contribution in [0.15, 0.2) is 18.6 Å². The van der Waals surface area contributed by atoms with E-state index in [-0.39, 0.29) is 5.92 Å². The number of aromatic nitrogens is 3. The predicted octanol–water partition coefficient (Wildman–Crippen LogP) is 3.18. The maximum absolute atomic E-state index is 12.7. The number of nitrogens with zero attached hydrogens (tertiary/aromatic N) is 4. The number of amides is 1. The average Bonchev–Trinajstić information content (AvgIpc) is 2.97. The number of aryl methyl sites for hydroxylation is 1. The lowest BCUT2D eigenvalue weighted by Gasteiger charge is -2.35. The zero-order valence-electron chi connectivity index (χ0n) is 14.3. The number of fused-ring (bicyclic) bond motifs is 1. The molecule has 0 saturated carbocycles. The fraction of sp³-hybridized carbons (Fsp3) is 0.611. The minimum absolute atomic E-state index is 0.164. The van der Waals surface area contributed by atoms with Crippen molar-refractivity contribution < 1.29 is 4.79 Å². The molecule has 1 unspecified atom stereocenters. The minimum atomic E-state index is 0.164. The van der Waals surface area contributed by atoms with Crippen LogP contribution >= 0.6 is 0 Å². The third kappa shape index (κ3) is 2.96. The van der Waals surface area contributed by atoms with E-state index in [9.17, 15) is 4.79 Å². The second-order valence-electron chi connectivity index (χ2n) is 6.53. The summed E-state index contributed by atoms with van der Waals surface area (Å²) < 4.78 is 2.18. The molecule has 1 atom stereocenters. The first-order chi connectivity index (χ1) is 11.2. The van der Waals surface area contributed by atoms with Crippen LogP contribution < -0.4 is 0 Å². The summed E-state index contributed by atoms with van der Waals surface area (Å²) in [5.74, 6) is 1.81. The molecule has 3 rings (SSSR count). The van der Waals surface area contributed by atoms with Crippen LogP contribution in [0.2, 0.25) is 0 Å². The molecular weight excluding hydrogens is 288 g/mol. The number of rotatable bonds is 4. The van der Waals surface area contributed by atoms with Crippen LogP contribution in [0.25, 0.3) is 5.52 Å². The molecule has 1 amide bonds. The molecule has 0 aromatic carbocycles. The van der Waals surface area contributed by atoms with Crippen LogP contribution in [0.4, 0.5) is 0 Å². The van der Waals surface area contributed by atoms with E-state index < -0.39 is 0 Å². The van der Waals surface area contributed by atoms with Crippen LogP contribution in [0.1, 0.15) is 57.0 Å². The zero-order valence-corrected chi connectivity index (χ0v) is 14.3. The van der Waals surface area contributed by atoms with Crippen LogP contribution in [0, 0.1) is 12.8 Å². The first-order valence-corrected chi connectivity index (χ1v) is 8.72. The number of carbonyl (C=O) groups is 1. The zero-order chi connectivity index (χ0) is 16.4. The minimum Gasteiger partial charge on any atom is -0.342 e. The van der Waals surface area contributed by atoms with E-state index in [0.717, 1.165) is 50.1 Å². The van der Waals surface area contributed by atoms with Crippen molar-refractivity contribution >= 4 is 11.4 Å². The Kier molecular flexibility index (Phi) is 4.64. The van der Waals surface area contributed by atoms with Gasteiger partial charge in [0.15, 0.2) is 0 Å². The second-order valence-corrected chi connectivity index (χ2v) is 6.53. The van der Waals surface area contributed by atoms with E-state index in [1.165, 1.54) is 5.69 Å². The highest BCUT2D eigenvalue weighted by atomic mass is 16.2. The van der Waals surface area contributed by atoms with Crippen molar-refractivity contribution in [2.45, 2.75) is 52.4 Å². The van der Waals surface area contributed by atoms with Crippen LogP contribution in [-0.2, 0) is 4.79 Å². The van der Waals surface area contributed by atoms with Gasteiger partial charge >= 0.3 is 0 Å². The van der Waals surface area contributed by atoms with E-state index in [4.69, 9.17) is 0 Å². The van der Waals surface area contributed by atoms with Gasteiger partial charge in [-0.05, 0) is 32.6 Å². The SMILES string of the molecule is CCC(CC)C(=O)N1CCCC(c2cncc3cnc(C)n23)C1. The molecule has 0 radical (unpaired) electrons. The lowest BCUT2D eigenvalue weighted by molar-refractivity contribution is -0.137. The normalized spacial score (nSPS) is 18.8. The Bertz CT molecular complexity index is 689. The second kappa shape index (κ2) is 6.69. The number of piperidine rings is 1. The van der Waals surface area contributed by atoms with E-state index in [1.807, 2.05) is 25.5 Å². The first-order valence-electron chi connectivity index (χ1n) is 8.72. The van der Waals surface area contributed by atoms with Crippen molar-refractivity contribution in [1.29, 1.82) is 0 Å². The Balaban J connectivity index is 1.86. The van der Waals surface area contributed by atoms with Crippen LogP contribution in [0.5, 0.6) is 0 Å². The number of hydrogen-bond donors (Lipinski definition) is 0. The van der Waals surface area contributed by atoms with Gasteiger partial charge in [0.25, 0.3) is 0 Å². The van der Waals surface area contributed by atoms with Crippen molar-refractivity contribution in [3.63, 3.8) is 0 Å². The molecule has 0 aliphatic carbocycles. The van der Waals surface area contributed by atoms with Gasteiger partial charge in [0.1, 0.15) is 5.82 Å². The number of imidazole rings is 1. The molecule has 2 aromatic heterocycles. The third-order valence-electron chi connectivity index (χ3n) is 5.12. The highest BCUT2D eigenvalue weighted by Gasteiger charge is 2.29. The van der Waals surface area contributed by atoms with Gasteiger partial charge in [-0.2, -0.15) is 0 Å². The van der Waals surface area contributed by atoms with E-state index in [1.54, 1.807) is 0 Å². The largest absolute Gasteiger partial charge is 0.342 e. The Hall–Kier alpha value is -1.91. The molecular formula is C18H26N4O. The Morgan fingerprint density at radius 2 is 2.09 bits per heavy atom. The highest BCUT2D eigenvalue weighted by Crippen LogP contribution is 2.29. The summed E-state index contributed by atoms with van der Waals surface area (Å²) in [5, 5.41) is 0. The summed E-state index contributed by atoms with van der Waals surface area (Å²) in [6, 6.07) is 0. The van der Waals surface area contributed by atoms with Gasteiger partial charge < -0.3 is 4.90 Å². The van der Waals surface area contributed by atoms with Crippen molar-refractivity contribution in [2.24, 2.45) is 5.92 Å². The summed E-state index contributed by atoms with van der Waals surface area (Å²) in [6.45, 7) is 7.92. The van der Waals surface area contributed by atoms with Crippen LogP contribution in [0.3, 0.4) is 0 Å². The van der Waals surface area contributed by atoms with Gasteiger partial charge in [-0.1, -0.05) is 13.8 Å². The molecule has 0 bridgehead atoms. The molecule has 124 valence electrons. The predicted molar refractivity (Wildman–Crippen MR) is 90.4 cm³/mol. The molecule has 1 saturated heterocycles. The molecule has 3 heterocycles. The molecule has 0 spiro atoms. The molecule has 1 aliphatic rings. The van der Waals surface area contributed by atoms with Gasteiger partial charge in [0.2, 0.25) is 5.91 Å². The van der Waals surface area contributed by atoms with Gasteiger partial charge in [-0.25, -0.2) is 4.98 Å². The molecule has 1 fully saturated rings. The van der Waals surface area contributed by atoms with Crippen molar-refractivity contribution in [3.05, 3.63) is 30.1 Å². The molecule has 5 heteroatoms. The summed E-state index contributed by atoms with van der Waals surface area (Å²) in [5.41, 5.74) is 2.21. The maximum Gasteiger partial charge on any atom is 0.225 e. The van der Waals surface area contributed by atoms with E-state index in [2.05, 4.69) is 33.1 Å². The molecule has 23 heavy (non-hydrogen) atoms. The van der Waals surface area contributed by atoms with E-state index in [0.29, 0.717) is 11.8 Å². The molecule has 2 aromatic rings. The molecule has 1 aliphatic heterocycles. The van der Waals surface area contributed by atoms with Gasteiger partial charge in [-0.3, -0.25) is 14.2 Å². The molecule has 0 N–H and O–H groups in total. The number of likely N-dealkylation sites (tertiary alicyclic amines) is 1. The van der Waals surface area contributed by atoms with Crippen LogP contribution in [-0.4, -0.2) is 38.3 Å². The lowest BCUT2D eigenvalue weighted by atomic mass is 9.92. The Morgan fingerprint density at radius 1 is 1.30 bits per heavy atom. The van der Waals surface area contributed by atoms with Gasteiger partial charge in [0.05, 0.1) is 17.9 Å². The topological polar surface area (TPSA) is 50.5 Å². The summed E-state index contributed by atoms with van der Waals surface area (Å²) in [4.78, 5) is 23.6. The Labute approximate surface area is 137 Å². The van der Waals surface area contributed by atoms with E-state index >= 15 is 0 Å². The van der Waals surface area contributed by atoms with Gasteiger partial charge in [0, 0.05) is 36.8 Å². The van der Waals surface area contributed by atoms with Crippen molar-refractivity contribution in [2.75, 3.05) is 13.1 Å². The molecule has 5 nitrogen and oxygen atoms in total. The summed E-state index contributed by atoms with van der Waals surface area (Å²) >= 11 is 0. The quantitative estimate of drug-likeness (QED) is 0.871. The standard InChI is InChI=1S/C18H26N4O/c1-4-14(5-2)18(23)21-8-6-7-15(12-21)17-11-19-9-16-10-20-13(3)22(16)17/h9-11,14-15H,4-8,12H2,1-3H3. The number of carbonyl (C=O) groups excluding carboxylic acids is 1. The third-order valence-corrected chi connectivity index (χ3v) is 5.12. The fourth-order valence-electron chi connectivity index (χ4n) is 3.74. The smallest absolute Gasteiger partial charge is 0.225 e. The Morgan fingerprint density at radius 3 is 2.83 bits per heavy atom. The lowest BCUT2D eigenvalue weighted by Crippen LogP contribution is -2.42. The maximum atomic E-state index is 12.7. The fourth-order valence-corrected chi connectivity index (χ4v) is 3.74. The van der Waals surface area contributed by atoms with Gasteiger partial charge in [-0.15, -0.1) is 0 Å². The van der Waals surface area contributed by atoms with Crippen molar-refractivity contribution in [3.8, 4) is 0 Å². The number of hydrogen-bond acceptors (Lipinski definition) is 3. The summed E-state index contributed by atoms with van der Waals surface area (Å²) in [6.07, 6.45) is 9.66. The van der Waals surface area contributed by atoms with Crippen molar-refractivity contribution in [1.82, 2.24) is 19.3 Å². The monoisotopic (exact) mass is 314 g/mol. The first kappa shape index (κ1) is 16.0. The highest BCUT2D eigenvalue weighted by molar-refractivity contribution is 5.79. The summed E-state index contributed by atoms with van der Waals surface area (Å²) in [7, 11) is 0. The average molecular weight is 314 g/mol.